The Labute approximate surface area is 116 Å². The second kappa shape index (κ2) is 4.64. The topological polar surface area (TPSA) is 50.9 Å². The summed E-state index contributed by atoms with van der Waals surface area (Å²) in [4.78, 5) is 5.85. The molecule has 0 fully saturated rings. The van der Waals surface area contributed by atoms with Crippen LogP contribution in [0.2, 0.25) is 0 Å². The van der Waals surface area contributed by atoms with Crippen molar-refractivity contribution >= 4 is 28.1 Å². The number of thiophene rings is 1. The van der Waals surface area contributed by atoms with E-state index in [0.717, 1.165) is 22.5 Å². The van der Waals surface area contributed by atoms with Gasteiger partial charge in [0.1, 0.15) is 5.82 Å². The van der Waals surface area contributed by atoms with Gasteiger partial charge in [-0.05, 0) is 42.5 Å². The molecule has 19 heavy (non-hydrogen) atoms. The zero-order valence-corrected chi connectivity index (χ0v) is 11.7. The fourth-order valence-corrected chi connectivity index (χ4v) is 3.01. The molecule has 1 aromatic carbocycles. The monoisotopic (exact) mass is 269 g/mol. The number of fused-ring (bicyclic) bond motifs is 1. The molecule has 0 unspecified atom stereocenters. The zero-order valence-electron chi connectivity index (χ0n) is 10.9. The van der Waals surface area contributed by atoms with E-state index in [4.69, 9.17) is 5.84 Å². The first-order chi connectivity index (χ1) is 9.20. The van der Waals surface area contributed by atoms with Gasteiger partial charge in [-0.15, -0.1) is 11.3 Å². The SMILES string of the molecule is Cc1ccc(C)c2nc(NN)c(-c3cccs3)cc12. The number of pyridine rings is 1. The van der Waals surface area contributed by atoms with Crippen molar-refractivity contribution in [3.8, 4) is 10.4 Å². The predicted octanol–water partition coefficient (Wildman–Crippen LogP) is 3.87. The van der Waals surface area contributed by atoms with Crippen LogP contribution >= 0.6 is 11.3 Å². The number of anilines is 1. The number of nitrogens with two attached hydrogens (primary N) is 1. The number of nitrogen functional groups attached to an aromatic ring is 1. The molecule has 0 amide bonds. The second-order valence-corrected chi connectivity index (χ2v) is 5.55. The summed E-state index contributed by atoms with van der Waals surface area (Å²) in [5.41, 5.74) is 7.17. The van der Waals surface area contributed by atoms with Crippen LogP contribution in [-0.2, 0) is 0 Å². The molecule has 0 radical (unpaired) electrons. The van der Waals surface area contributed by atoms with Crippen molar-refractivity contribution in [1.82, 2.24) is 4.98 Å². The van der Waals surface area contributed by atoms with Crippen LogP contribution in [0.4, 0.5) is 5.82 Å². The van der Waals surface area contributed by atoms with E-state index in [-0.39, 0.29) is 0 Å². The number of nitrogens with one attached hydrogen (secondary N) is 1. The number of hydrogen-bond donors (Lipinski definition) is 2. The Morgan fingerprint density at radius 3 is 2.63 bits per heavy atom. The zero-order chi connectivity index (χ0) is 13.4. The predicted molar refractivity (Wildman–Crippen MR) is 82.3 cm³/mol. The van der Waals surface area contributed by atoms with Crippen molar-refractivity contribution in [2.75, 3.05) is 5.43 Å². The molecular weight excluding hydrogens is 254 g/mol. The molecule has 2 aromatic heterocycles. The standard InChI is InChI=1S/C15H15N3S/c1-9-5-6-10(2)14-11(9)8-12(15(17-14)18-16)13-4-3-7-19-13/h3-8H,16H2,1-2H3,(H,17,18). The Morgan fingerprint density at radius 1 is 1.16 bits per heavy atom. The van der Waals surface area contributed by atoms with Gasteiger partial charge in [0.05, 0.1) is 5.52 Å². The number of rotatable bonds is 2. The maximum Gasteiger partial charge on any atom is 0.149 e. The third-order valence-electron chi connectivity index (χ3n) is 3.33. The average molecular weight is 269 g/mol. The largest absolute Gasteiger partial charge is 0.308 e. The average Bonchev–Trinajstić information content (AvgIpc) is 2.95. The van der Waals surface area contributed by atoms with Crippen molar-refractivity contribution in [3.05, 3.63) is 46.8 Å². The molecule has 0 aliphatic carbocycles. The van der Waals surface area contributed by atoms with Crippen molar-refractivity contribution in [2.24, 2.45) is 5.84 Å². The molecule has 0 saturated carbocycles. The Balaban J connectivity index is 2.37. The summed E-state index contributed by atoms with van der Waals surface area (Å²) < 4.78 is 0. The molecule has 0 aliphatic rings. The smallest absolute Gasteiger partial charge is 0.149 e. The number of hydrazine groups is 1. The lowest BCUT2D eigenvalue weighted by Gasteiger charge is -2.11. The highest BCUT2D eigenvalue weighted by atomic mass is 32.1. The number of aromatic nitrogens is 1. The van der Waals surface area contributed by atoms with Crippen molar-refractivity contribution in [1.29, 1.82) is 0 Å². The van der Waals surface area contributed by atoms with Gasteiger partial charge in [0, 0.05) is 15.8 Å². The maximum atomic E-state index is 5.63. The van der Waals surface area contributed by atoms with Crippen LogP contribution in [0.5, 0.6) is 0 Å². The molecule has 96 valence electrons. The highest BCUT2D eigenvalue weighted by molar-refractivity contribution is 7.13. The fraction of sp³-hybridized carbons (Fsp3) is 0.133. The summed E-state index contributed by atoms with van der Waals surface area (Å²) in [6.45, 7) is 4.18. The van der Waals surface area contributed by atoms with E-state index in [1.807, 2.05) is 6.07 Å². The Kier molecular flexibility index (Phi) is 2.97. The van der Waals surface area contributed by atoms with Gasteiger partial charge in [-0.1, -0.05) is 18.2 Å². The minimum Gasteiger partial charge on any atom is -0.308 e. The lowest BCUT2D eigenvalue weighted by molar-refractivity contribution is 1.25. The number of aryl methyl sites for hydroxylation is 2. The van der Waals surface area contributed by atoms with Gasteiger partial charge in [0.15, 0.2) is 0 Å². The minimum absolute atomic E-state index is 0.726. The van der Waals surface area contributed by atoms with Crippen molar-refractivity contribution < 1.29 is 0 Å². The first-order valence-corrected chi connectivity index (χ1v) is 7.00. The van der Waals surface area contributed by atoms with E-state index >= 15 is 0 Å². The quantitative estimate of drug-likeness (QED) is 0.548. The van der Waals surface area contributed by atoms with E-state index in [1.165, 1.54) is 15.8 Å². The van der Waals surface area contributed by atoms with Crippen LogP contribution in [0.25, 0.3) is 21.3 Å². The minimum atomic E-state index is 0.726. The molecule has 3 N–H and O–H groups in total. The number of nitrogens with zero attached hydrogens (tertiary/aromatic N) is 1. The highest BCUT2D eigenvalue weighted by Gasteiger charge is 2.11. The van der Waals surface area contributed by atoms with Gasteiger partial charge in [-0.25, -0.2) is 10.8 Å². The van der Waals surface area contributed by atoms with Crippen LogP contribution in [0.1, 0.15) is 11.1 Å². The molecule has 0 saturated heterocycles. The molecule has 0 aliphatic heterocycles. The highest BCUT2D eigenvalue weighted by Crippen LogP contribution is 2.34. The van der Waals surface area contributed by atoms with E-state index in [9.17, 15) is 0 Å². The summed E-state index contributed by atoms with van der Waals surface area (Å²) in [5.74, 6) is 6.35. The van der Waals surface area contributed by atoms with Gasteiger partial charge >= 0.3 is 0 Å². The molecule has 3 nitrogen and oxygen atoms in total. The third kappa shape index (κ3) is 1.99. The molecular formula is C15H15N3S. The number of hydrogen-bond acceptors (Lipinski definition) is 4. The van der Waals surface area contributed by atoms with Crippen LogP contribution in [0.3, 0.4) is 0 Å². The summed E-state index contributed by atoms with van der Waals surface area (Å²) in [6.07, 6.45) is 0. The lowest BCUT2D eigenvalue weighted by Crippen LogP contribution is -2.10. The third-order valence-corrected chi connectivity index (χ3v) is 4.23. The van der Waals surface area contributed by atoms with Gasteiger partial charge in [0.25, 0.3) is 0 Å². The Bertz CT molecular complexity index is 733. The molecule has 3 rings (SSSR count). The summed E-state index contributed by atoms with van der Waals surface area (Å²) >= 11 is 1.69. The van der Waals surface area contributed by atoms with Gasteiger partial charge < -0.3 is 5.43 Å². The first kappa shape index (κ1) is 12.1. The van der Waals surface area contributed by atoms with E-state index in [1.54, 1.807) is 11.3 Å². The Hall–Kier alpha value is -1.91. The lowest BCUT2D eigenvalue weighted by atomic mass is 10.0. The summed E-state index contributed by atoms with van der Waals surface area (Å²) in [7, 11) is 0. The second-order valence-electron chi connectivity index (χ2n) is 4.60. The molecule has 0 spiro atoms. The van der Waals surface area contributed by atoms with Crippen LogP contribution in [0, 0.1) is 13.8 Å². The van der Waals surface area contributed by atoms with Crippen LogP contribution in [-0.4, -0.2) is 4.98 Å². The maximum absolute atomic E-state index is 5.63. The number of benzene rings is 1. The molecule has 4 heteroatoms. The molecule has 2 heterocycles. The van der Waals surface area contributed by atoms with Gasteiger partial charge in [-0.2, -0.15) is 0 Å². The summed E-state index contributed by atoms with van der Waals surface area (Å²) in [6, 6.07) is 10.5. The van der Waals surface area contributed by atoms with E-state index < -0.39 is 0 Å². The molecule has 0 bridgehead atoms. The van der Waals surface area contributed by atoms with Gasteiger partial charge in [0.2, 0.25) is 0 Å². The van der Waals surface area contributed by atoms with Crippen LogP contribution in [0.15, 0.2) is 35.7 Å². The van der Waals surface area contributed by atoms with Gasteiger partial charge in [-0.3, -0.25) is 0 Å². The van der Waals surface area contributed by atoms with E-state index in [2.05, 4.69) is 53.9 Å². The Morgan fingerprint density at radius 2 is 1.95 bits per heavy atom. The summed E-state index contributed by atoms with van der Waals surface area (Å²) in [5, 5.41) is 3.24. The molecule has 3 aromatic rings. The van der Waals surface area contributed by atoms with Crippen molar-refractivity contribution in [3.63, 3.8) is 0 Å². The molecule has 0 atom stereocenters. The van der Waals surface area contributed by atoms with Crippen molar-refractivity contribution in [2.45, 2.75) is 13.8 Å². The first-order valence-electron chi connectivity index (χ1n) is 6.12. The van der Waals surface area contributed by atoms with Crippen LogP contribution < -0.4 is 11.3 Å². The fourth-order valence-electron chi connectivity index (χ4n) is 2.26. The van der Waals surface area contributed by atoms with E-state index in [0.29, 0.717) is 0 Å². The normalized spacial score (nSPS) is 10.9.